The molecular formula is C12H13N3O3. The summed E-state index contributed by atoms with van der Waals surface area (Å²) in [6, 6.07) is 3.26. The van der Waals surface area contributed by atoms with Gasteiger partial charge in [0.1, 0.15) is 6.29 Å². The summed E-state index contributed by atoms with van der Waals surface area (Å²) in [7, 11) is 3.02. The van der Waals surface area contributed by atoms with Crippen molar-refractivity contribution in [1.29, 1.82) is 0 Å². The topological polar surface area (TPSA) is 84.3 Å². The third kappa shape index (κ3) is 3.26. The lowest BCUT2D eigenvalue weighted by Crippen LogP contribution is -1.95. The number of carbonyl (C=O) groups is 1. The third-order valence-electron chi connectivity index (χ3n) is 2.21. The van der Waals surface area contributed by atoms with Crippen molar-refractivity contribution in [3.05, 3.63) is 39.8 Å². The number of carbonyl (C=O) groups excluding carboxylic acids is 1. The second-order valence-corrected chi connectivity index (χ2v) is 3.28. The second-order valence-electron chi connectivity index (χ2n) is 3.28. The fraction of sp³-hybridized carbons (Fsp3) is 0.250. The Labute approximate surface area is 104 Å². The second kappa shape index (κ2) is 6.98. The number of hydrogen-bond donors (Lipinski definition) is 0. The van der Waals surface area contributed by atoms with Crippen molar-refractivity contribution in [3.8, 4) is 11.5 Å². The van der Waals surface area contributed by atoms with E-state index in [2.05, 4.69) is 10.0 Å². The molecule has 0 aliphatic heterocycles. The van der Waals surface area contributed by atoms with Crippen LogP contribution in [0.1, 0.15) is 15.9 Å². The van der Waals surface area contributed by atoms with Gasteiger partial charge in [0.05, 0.1) is 14.2 Å². The molecule has 0 N–H and O–H groups in total. The lowest BCUT2D eigenvalue weighted by Gasteiger charge is -2.11. The monoisotopic (exact) mass is 247 g/mol. The van der Waals surface area contributed by atoms with Crippen molar-refractivity contribution in [1.82, 2.24) is 0 Å². The van der Waals surface area contributed by atoms with E-state index in [0.29, 0.717) is 22.6 Å². The van der Waals surface area contributed by atoms with Crippen LogP contribution < -0.4 is 9.47 Å². The molecule has 0 aromatic heterocycles. The van der Waals surface area contributed by atoms with Crippen molar-refractivity contribution in [2.45, 2.75) is 0 Å². The standard InChI is InChI=1S/C12H13N3O3/c1-17-11-7-9(8-16)6-10(12(11)18-2)4-3-5-14-15-13/h3-4,6-8H,5H2,1-2H3. The first-order valence-electron chi connectivity index (χ1n) is 5.15. The number of nitrogens with zero attached hydrogens (tertiary/aromatic N) is 3. The summed E-state index contributed by atoms with van der Waals surface area (Å²) in [5, 5.41) is 3.38. The van der Waals surface area contributed by atoms with E-state index in [1.54, 1.807) is 24.3 Å². The normalized spacial score (nSPS) is 9.89. The smallest absolute Gasteiger partial charge is 0.167 e. The average molecular weight is 247 g/mol. The first-order chi connectivity index (χ1) is 8.76. The summed E-state index contributed by atoms with van der Waals surface area (Å²) in [6.45, 7) is 0.229. The highest BCUT2D eigenvalue weighted by molar-refractivity contribution is 5.79. The molecule has 0 saturated carbocycles. The molecular weight excluding hydrogens is 234 g/mol. The van der Waals surface area contributed by atoms with E-state index in [1.165, 1.54) is 14.2 Å². The highest BCUT2D eigenvalue weighted by Gasteiger charge is 2.09. The Morgan fingerprint density at radius 3 is 2.72 bits per heavy atom. The molecule has 0 aliphatic rings. The summed E-state index contributed by atoms with van der Waals surface area (Å²) in [6.07, 6.45) is 4.11. The number of hydrogen-bond acceptors (Lipinski definition) is 4. The van der Waals surface area contributed by atoms with E-state index >= 15 is 0 Å². The zero-order valence-corrected chi connectivity index (χ0v) is 10.2. The van der Waals surface area contributed by atoms with Gasteiger partial charge in [0.15, 0.2) is 11.5 Å². The Morgan fingerprint density at radius 2 is 2.17 bits per heavy atom. The molecule has 0 atom stereocenters. The first kappa shape index (κ1) is 13.6. The molecule has 0 spiro atoms. The van der Waals surface area contributed by atoms with Gasteiger partial charge >= 0.3 is 0 Å². The van der Waals surface area contributed by atoms with E-state index in [4.69, 9.17) is 15.0 Å². The molecule has 0 unspecified atom stereocenters. The number of rotatable bonds is 6. The average Bonchev–Trinajstić information content (AvgIpc) is 2.42. The number of ether oxygens (including phenoxy) is 2. The highest BCUT2D eigenvalue weighted by Crippen LogP contribution is 2.33. The minimum absolute atomic E-state index is 0.229. The largest absolute Gasteiger partial charge is 0.493 e. The molecule has 0 aliphatic carbocycles. The zero-order valence-electron chi connectivity index (χ0n) is 10.2. The van der Waals surface area contributed by atoms with Gasteiger partial charge < -0.3 is 9.47 Å². The van der Waals surface area contributed by atoms with E-state index in [0.717, 1.165) is 6.29 Å². The van der Waals surface area contributed by atoms with Crippen molar-refractivity contribution in [2.24, 2.45) is 5.11 Å². The number of azide groups is 1. The summed E-state index contributed by atoms with van der Waals surface area (Å²) in [5.41, 5.74) is 9.33. The van der Waals surface area contributed by atoms with Gasteiger partial charge in [0.25, 0.3) is 0 Å². The fourth-order valence-corrected chi connectivity index (χ4v) is 1.47. The molecule has 0 amide bonds. The van der Waals surface area contributed by atoms with E-state index in [1.807, 2.05) is 0 Å². The molecule has 0 radical (unpaired) electrons. The Kier molecular flexibility index (Phi) is 5.28. The molecule has 94 valence electrons. The van der Waals surface area contributed by atoms with Crippen LogP contribution in [-0.4, -0.2) is 27.1 Å². The van der Waals surface area contributed by atoms with Gasteiger partial charge in [-0.3, -0.25) is 4.79 Å². The van der Waals surface area contributed by atoms with Gasteiger partial charge in [-0.05, 0) is 17.7 Å². The molecule has 6 nitrogen and oxygen atoms in total. The number of methoxy groups -OCH3 is 2. The van der Waals surface area contributed by atoms with Crippen LogP contribution >= 0.6 is 0 Å². The summed E-state index contributed by atoms with van der Waals surface area (Å²) >= 11 is 0. The van der Waals surface area contributed by atoms with Crippen molar-refractivity contribution < 1.29 is 14.3 Å². The summed E-state index contributed by atoms with van der Waals surface area (Å²) in [5.74, 6) is 1.01. The molecule has 0 saturated heterocycles. The molecule has 1 aromatic rings. The van der Waals surface area contributed by atoms with Crippen LogP contribution in [0.15, 0.2) is 23.3 Å². The fourth-order valence-electron chi connectivity index (χ4n) is 1.47. The molecule has 1 rings (SSSR count). The molecule has 0 fully saturated rings. The third-order valence-corrected chi connectivity index (χ3v) is 2.21. The maximum Gasteiger partial charge on any atom is 0.167 e. The number of benzene rings is 1. The van der Waals surface area contributed by atoms with Crippen LogP contribution in [0.5, 0.6) is 11.5 Å². The van der Waals surface area contributed by atoms with E-state index in [-0.39, 0.29) is 6.54 Å². The number of aldehydes is 1. The van der Waals surface area contributed by atoms with Gasteiger partial charge in [-0.1, -0.05) is 17.3 Å². The van der Waals surface area contributed by atoms with E-state index in [9.17, 15) is 4.79 Å². The maximum absolute atomic E-state index is 10.8. The van der Waals surface area contributed by atoms with Crippen LogP contribution in [0.25, 0.3) is 16.5 Å². The van der Waals surface area contributed by atoms with E-state index < -0.39 is 0 Å². The van der Waals surface area contributed by atoms with Crippen molar-refractivity contribution in [3.63, 3.8) is 0 Å². The molecule has 18 heavy (non-hydrogen) atoms. The van der Waals surface area contributed by atoms with Gasteiger partial charge in [-0.25, -0.2) is 0 Å². The lowest BCUT2D eigenvalue weighted by atomic mass is 10.1. The zero-order chi connectivity index (χ0) is 13.4. The Hall–Kier alpha value is -2.46. The van der Waals surface area contributed by atoms with Crippen LogP contribution in [0.2, 0.25) is 0 Å². The minimum Gasteiger partial charge on any atom is -0.493 e. The molecule has 1 aromatic carbocycles. The quantitative estimate of drug-likeness (QED) is 0.335. The van der Waals surface area contributed by atoms with Crippen LogP contribution in [0.3, 0.4) is 0 Å². The predicted octanol–water partition coefficient (Wildman–Crippen LogP) is 2.84. The Morgan fingerprint density at radius 1 is 1.39 bits per heavy atom. The van der Waals surface area contributed by atoms with Gasteiger partial charge in [-0.15, -0.1) is 0 Å². The summed E-state index contributed by atoms with van der Waals surface area (Å²) in [4.78, 5) is 13.5. The predicted molar refractivity (Wildman–Crippen MR) is 68.0 cm³/mol. The highest BCUT2D eigenvalue weighted by atomic mass is 16.5. The Bertz CT molecular complexity index is 506. The summed E-state index contributed by atoms with van der Waals surface area (Å²) < 4.78 is 10.4. The van der Waals surface area contributed by atoms with Crippen LogP contribution in [0.4, 0.5) is 0 Å². The Balaban J connectivity index is 3.17. The molecule has 0 heterocycles. The van der Waals surface area contributed by atoms with Gasteiger partial charge in [0, 0.05) is 22.6 Å². The first-order valence-corrected chi connectivity index (χ1v) is 5.15. The maximum atomic E-state index is 10.8. The lowest BCUT2D eigenvalue weighted by molar-refractivity contribution is 0.112. The molecule has 6 heteroatoms. The van der Waals surface area contributed by atoms with Gasteiger partial charge in [-0.2, -0.15) is 0 Å². The SMILES string of the molecule is COc1cc(C=O)cc(C=CCN=[N+]=[N-])c1OC. The van der Waals surface area contributed by atoms with Crippen LogP contribution in [-0.2, 0) is 0 Å². The molecule has 0 bridgehead atoms. The minimum atomic E-state index is 0.229. The van der Waals surface area contributed by atoms with Crippen molar-refractivity contribution in [2.75, 3.05) is 20.8 Å². The van der Waals surface area contributed by atoms with Crippen molar-refractivity contribution >= 4 is 12.4 Å². The van der Waals surface area contributed by atoms with Crippen LogP contribution in [0, 0.1) is 0 Å². The van der Waals surface area contributed by atoms with Gasteiger partial charge in [0.2, 0.25) is 0 Å².